The molecule has 31 heavy (non-hydrogen) atoms. The van der Waals surface area contributed by atoms with Crippen molar-refractivity contribution in [1.29, 1.82) is 0 Å². The van der Waals surface area contributed by atoms with Gasteiger partial charge in [-0.2, -0.15) is 5.10 Å². The number of carbonyl (C=O) groups excluding carboxylic acids is 2. The summed E-state index contributed by atoms with van der Waals surface area (Å²) in [6, 6.07) is 5.39. The summed E-state index contributed by atoms with van der Waals surface area (Å²) in [5.41, 5.74) is 1.48. The van der Waals surface area contributed by atoms with Gasteiger partial charge in [-0.3, -0.25) is 14.3 Å². The second-order valence-corrected chi connectivity index (χ2v) is 9.19. The molecule has 1 atom stereocenters. The molecule has 0 aliphatic carbocycles. The Morgan fingerprint density at radius 1 is 1.26 bits per heavy atom. The van der Waals surface area contributed by atoms with Gasteiger partial charge in [0.15, 0.2) is 5.65 Å². The van der Waals surface area contributed by atoms with Crippen molar-refractivity contribution in [2.75, 3.05) is 36.4 Å². The Hall–Kier alpha value is -2.85. The number of fused-ring (bicyclic) bond motifs is 2. The molecule has 2 amide bonds. The Bertz CT molecular complexity index is 1180. The lowest BCUT2D eigenvalue weighted by Crippen LogP contribution is -2.50. The van der Waals surface area contributed by atoms with Crippen LogP contribution >= 0.6 is 23.4 Å². The van der Waals surface area contributed by atoms with E-state index in [2.05, 4.69) is 25.3 Å². The number of hydrogen-bond acceptors (Lipinski definition) is 7. The number of benzene rings is 1. The van der Waals surface area contributed by atoms with E-state index >= 15 is 0 Å². The lowest BCUT2D eigenvalue weighted by atomic mass is 10.2. The molecule has 0 radical (unpaired) electrons. The highest BCUT2D eigenvalue weighted by Crippen LogP contribution is 2.38. The van der Waals surface area contributed by atoms with Crippen LogP contribution in [-0.4, -0.2) is 67.9 Å². The van der Waals surface area contributed by atoms with Crippen molar-refractivity contribution in [1.82, 2.24) is 24.6 Å². The van der Waals surface area contributed by atoms with Crippen LogP contribution in [-0.2, 0) is 16.6 Å². The number of piperazine rings is 1. The molecule has 160 valence electrons. The van der Waals surface area contributed by atoms with Crippen molar-refractivity contribution in [3.63, 3.8) is 0 Å². The predicted octanol–water partition coefficient (Wildman–Crippen LogP) is 2.17. The quantitative estimate of drug-likeness (QED) is 0.643. The Labute approximate surface area is 187 Å². The number of amides is 2. The fraction of sp³-hybridized carbons (Fsp3) is 0.350. The molecule has 1 saturated heterocycles. The Kier molecular flexibility index (Phi) is 5.19. The lowest BCUT2D eigenvalue weighted by Gasteiger charge is -2.36. The van der Waals surface area contributed by atoms with Crippen molar-refractivity contribution in [2.45, 2.75) is 16.6 Å². The molecule has 0 spiro atoms. The van der Waals surface area contributed by atoms with E-state index in [-0.39, 0.29) is 18.2 Å². The number of thioether (sulfide) groups is 1. The van der Waals surface area contributed by atoms with Gasteiger partial charge in [0.05, 0.1) is 22.5 Å². The first-order chi connectivity index (χ1) is 15.0. The van der Waals surface area contributed by atoms with Gasteiger partial charge in [-0.1, -0.05) is 11.6 Å². The van der Waals surface area contributed by atoms with E-state index in [9.17, 15) is 9.59 Å². The molecular formula is C20H20ClN7O2S. The number of nitrogens with one attached hydrogen (secondary N) is 1. The topological polar surface area (TPSA) is 96.2 Å². The SMILES string of the molecule is Cn1ncc2c(N3CCN(C(=O)CC4Sc5ccc(Cl)cc5NC4=O)CC3)ncnc21. The number of halogens is 1. The molecule has 2 aliphatic rings. The fourth-order valence-corrected chi connectivity index (χ4v) is 5.17. The molecule has 2 aromatic heterocycles. The fourth-order valence-electron chi connectivity index (χ4n) is 3.91. The lowest BCUT2D eigenvalue weighted by molar-refractivity contribution is -0.132. The molecule has 0 saturated carbocycles. The van der Waals surface area contributed by atoms with E-state index in [1.54, 1.807) is 29.3 Å². The maximum Gasteiger partial charge on any atom is 0.238 e. The third-order valence-corrected chi connectivity index (χ3v) is 7.07. The van der Waals surface area contributed by atoms with Crippen molar-refractivity contribution in [2.24, 2.45) is 7.05 Å². The molecule has 5 rings (SSSR count). The molecule has 11 heteroatoms. The van der Waals surface area contributed by atoms with Crippen molar-refractivity contribution >= 4 is 57.7 Å². The van der Waals surface area contributed by atoms with Crippen LogP contribution in [0.2, 0.25) is 5.02 Å². The minimum absolute atomic E-state index is 0.0149. The molecule has 4 heterocycles. The zero-order valence-electron chi connectivity index (χ0n) is 16.8. The summed E-state index contributed by atoms with van der Waals surface area (Å²) in [6.45, 7) is 2.49. The van der Waals surface area contributed by atoms with E-state index in [1.165, 1.54) is 11.8 Å². The van der Waals surface area contributed by atoms with Crippen LogP contribution < -0.4 is 10.2 Å². The molecule has 3 aromatic rings. The first-order valence-electron chi connectivity index (χ1n) is 9.92. The van der Waals surface area contributed by atoms with Gasteiger partial charge in [0.2, 0.25) is 11.8 Å². The minimum Gasteiger partial charge on any atom is -0.352 e. The summed E-state index contributed by atoms with van der Waals surface area (Å²) in [5, 5.41) is 8.15. The van der Waals surface area contributed by atoms with Crippen LogP contribution in [0.1, 0.15) is 6.42 Å². The Balaban J connectivity index is 1.22. The van der Waals surface area contributed by atoms with Gasteiger partial charge >= 0.3 is 0 Å². The minimum atomic E-state index is -0.448. The van der Waals surface area contributed by atoms with Crippen molar-refractivity contribution in [3.8, 4) is 0 Å². The molecule has 9 nitrogen and oxygen atoms in total. The summed E-state index contributed by atoms with van der Waals surface area (Å²) in [5.74, 6) is 0.660. The Morgan fingerprint density at radius 3 is 2.87 bits per heavy atom. The van der Waals surface area contributed by atoms with Crippen LogP contribution in [0.4, 0.5) is 11.5 Å². The van der Waals surface area contributed by atoms with Crippen LogP contribution in [0.25, 0.3) is 11.0 Å². The molecule has 1 N–H and O–H groups in total. The van der Waals surface area contributed by atoms with Gasteiger partial charge < -0.3 is 15.1 Å². The van der Waals surface area contributed by atoms with Crippen LogP contribution in [0.5, 0.6) is 0 Å². The number of nitrogens with zero attached hydrogens (tertiary/aromatic N) is 6. The molecular weight excluding hydrogens is 438 g/mol. The number of anilines is 2. The monoisotopic (exact) mass is 457 g/mol. The third kappa shape index (κ3) is 3.81. The van der Waals surface area contributed by atoms with Gasteiger partial charge in [-0.15, -0.1) is 11.8 Å². The number of hydrogen-bond donors (Lipinski definition) is 1. The van der Waals surface area contributed by atoms with E-state index in [1.807, 2.05) is 18.0 Å². The standard InChI is InChI=1S/C20H20ClN7O2S/c1-26-18-13(10-24-26)19(23-11-22-18)28-6-4-27(5-7-28)17(29)9-16-20(30)25-14-8-12(21)2-3-15(14)31-16/h2-3,8,10-11,16H,4-7,9H2,1H3,(H,25,30). The maximum atomic E-state index is 12.9. The van der Waals surface area contributed by atoms with Crippen molar-refractivity contribution in [3.05, 3.63) is 35.7 Å². The zero-order valence-corrected chi connectivity index (χ0v) is 18.4. The summed E-state index contributed by atoms with van der Waals surface area (Å²) in [7, 11) is 1.85. The smallest absolute Gasteiger partial charge is 0.238 e. The van der Waals surface area contributed by atoms with Crippen LogP contribution in [0.3, 0.4) is 0 Å². The molecule has 2 aliphatic heterocycles. The molecule has 1 unspecified atom stereocenters. The average molecular weight is 458 g/mol. The highest BCUT2D eigenvalue weighted by Gasteiger charge is 2.32. The van der Waals surface area contributed by atoms with E-state index in [0.717, 1.165) is 21.7 Å². The molecule has 0 bridgehead atoms. The first kappa shape index (κ1) is 20.1. The highest BCUT2D eigenvalue weighted by molar-refractivity contribution is 8.01. The number of aryl methyl sites for hydroxylation is 1. The van der Waals surface area contributed by atoms with Gasteiger partial charge in [-0.05, 0) is 18.2 Å². The maximum absolute atomic E-state index is 12.9. The Morgan fingerprint density at radius 2 is 2.06 bits per heavy atom. The predicted molar refractivity (Wildman–Crippen MR) is 119 cm³/mol. The van der Waals surface area contributed by atoms with Crippen molar-refractivity contribution < 1.29 is 9.59 Å². The zero-order chi connectivity index (χ0) is 21.5. The number of carbonyl (C=O) groups is 2. The summed E-state index contributed by atoms with van der Waals surface area (Å²) in [6.07, 6.45) is 3.48. The van der Waals surface area contributed by atoms with Gasteiger partial charge in [0.25, 0.3) is 0 Å². The van der Waals surface area contributed by atoms with Crippen LogP contribution in [0, 0.1) is 0 Å². The average Bonchev–Trinajstić information content (AvgIpc) is 3.15. The van der Waals surface area contributed by atoms with Gasteiger partial charge in [0.1, 0.15) is 12.1 Å². The van der Waals surface area contributed by atoms with E-state index in [0.29, 0.717) is 36.9 Å². The molecule has 1 aromatic carbocycles. The second-order valence-electron chi connectivity index (χ2n) is 7.51. The summed E-state index contributed by atoms with van der Waals surface area (Å²) in [4.78, 5) is 39.0. The number of rotatable bonds is 3. The van der Waals surface area contributed by atoms with E-state index in [4.69, 9.17) is 11.6 Å². The second kappa shape index (κ2) is 8.01. The van der Waals surface area contributed by atoms with E-state index < -0.39 is 5.25 Å². The highest BCUT2D eigenvalue weighted by atomic mass is 35.5. The summed E-state index contributed by atoms with van der Waals surface area (Å²) < 4.78 is 1.72. The largest absolute Gasteiger partial charge is 0.352 e. The normalized spacial score (nSPS) is 18.8. The van der Waals surface area contributed by atoms with Crippen LogP contribution in [0.15, 0.2) is 35.6 Å². The number of aromatic nitrogens is 4. The first-order valence-corrected chi connectivity index (χ1v) is 11.2. The summed E-state index contributed by atoms with van der Waals surface area (Å²) >= 11 is 7.41. The molecule has 1 fully saturated rings. The van der Waals surface area contributed by atoms with Gasteiger partial charge in [-0.25, -0.2) is 9.97 Å². The van der Waals surface area contributed by atoms with Gasteiger partial charge in [0, 0.05) is 49.6 Å². The third-order valence-electron chi connectivity index (χ3n) is 5.56.